The highest BCUT2D eigenvalue weighted by molar-refractivity contribution is 6.30. The molecular formula is C95H84ClF7N26O11. The number of carbonyl (C=O) groups excluding carboxylic acids is 4. The lowest BCUT2D eigenvalue weighted by atomic mass is 10.1. The maximum absolute atomic E-state index is 14.0. The quantitative estimate of drug-likeness (QED) is 0.0530. The van der Waals surface area contributed by atoms with Gasteiger partial charge in [-0.1, -0.05) is 11.6 Å². The lowest BCUT2D eigenvalue weighted by Gasteiger charge is -2.37. The highest BCUT2D eigenvalue weighted by Crippen LogP contribution is 2.46. The third kappa shape index (κ3) is 19.2. The van der Waals surface area contributed by atoms with Crippen LogP contribution < -0.4 is 84.0 Å². The highest BCUT2D eigenvalue weighted by Gasteiger charge is 2.42. The van der Waals surface area contributed by atoms with E-state index in [1.807, 2.05) is 82.1 Å². The van der Waals surface area contributed by atoms with E-state index < -0.39 is 64.9 Å². The van der Waals surface area contributed by atoms with Crippen molar-refractivity contribution >= 4 is 177 Å². The van der Waals surface area contributed by atoms with Gasteiger partial charge in [-0.25, -0.2) is 61.3 Å². The molecule has 8 amide bonds. The summed E-state index contributed by atoms with van der Waals surface area (Å²) in [5.41, 5.74) is 17.2. The second-order valence-corrected chi connectivity index (χ2v) is 32.1. The number of urea groups is 4. The second-order valence-electron chi connectivity index (χ2n) is 31.7. The molecule has 9 aromatic heterocycles. The topological polar surface area (TPSA) is 374 Å². The number of oxazole rings is 1. The summed E-state index contributed by atoms with van der Waals surface area (Å²) in [6.45, 7) is -0.0100. The molecule has 0 unspecified atom stereocenters. The van der Waals surface area contributed by atoms with Crippen molar-refractivity contribution in [3.8, 4) is 35.1 Å². The standard InChI is InChI=1S/C25H23F2N5O4.C24H23F3N8O2.C24H19F2N7O3.C22H19ClN6O2/c1-30-20-12-17(7-10-19(20)28-24(30)35-3)31-13-15-4-11-22(36-14-21(26)27)29-23(15)32(25(31)33)16-5-8-18(34-2)9-6-16;1-28-20-18-12-34(16-6-9-19-14(10-16)11-33(2)32-19)23(36)35(15-4-7-17(37-3)8-5-15)21(18)31-22(30-20)29-13-24(25,26)27;1-31-10-14-8-15(3-5-17(14)30-31)32-11-13-2-7-21(35-12-20(25)26)29-22(13)33(24(32)34)16-4-6-19-18(9-16)28-23(27)36-19;1-3-31-20-11-24-19-13-28(17-8-9-18-14(10-17)12-27(2)26-18)22(30)29(21(19)25-20)16-6-4-15(23)5-7-16/h4-12,21H,13-14H2,1-3H3;4-11H,12-13H2,1-3H3,(H2,28,29,30,31);2-10,20H,11-12H2,1H3,(H2,27,28);4-12H,3,13H2,1-2H3/i2D3;3D3;;. The number of pyridine rings is 2. The minimum Gasteiger partial charge on any atom is -0.497 e. The molecule has 0 spiro atoms. The van der Waals surface area contributed by atoms with Crippen LogP contribution in [0.25, 0.3) is 54.8 Å². The molecule has 4 aliphatic rings. The number of nitrogens with two attached hydrogens (primary N) is 1. The Bertz CT molecular complexity index is 7840. The van der Waals surface area contributed by atoms with Gasteiger partial charge in [0.05, 0.1) is 124 Å². The van der Waals surface area contributed by atoms with Crippen molar-refractivity contribution in [2.45, 2.75) is 52.1 Å². The van der Waals surface area contributed by atoms with Crippen LogP contribution in [0.1, 0.15) is 37.5 Å². The highest BCUT2D eigenvalue weighted by atomic mass is 35.5. The molecule has 4 N–H and O–H groups in total. The first-order valence-electron chi connectivity index (χ1n) is 45.7. The van der Waals surface area contributed by atoms with E-state index in [2.05, 4.69) is 65.8 Å². The number of alkyl halides is 7. The summed E-state index contributed by atoms with van der Waals surface area (Å²) in [5, 5.41) is 21.4. The molecule has 13 heterocycles. The Kier molecular flexibility index (Phi) is 23.7. The summed E-state index contributed by atoms with van der Waals surface area (Å²) in [4.78, 5) is 102. The van der Waals surface area contributed by atoms with Crippen LogP contribution in [-0.4, -0.2) is 172 Å². The zero-order valence-corrected chi connectivity index (χ0v) is 75.7. The van der Waals surface area contributed by atoms with E-state index in [-0.39, 0.29) is 95.9 Å². The molecule has 0 bridgehead atoms. The zero-order valence-electron chi connectivity index (χ0n) is 80.9. The number of aryl methyl sites for hydroxylation is 4. The van der Waals surface area contributed by atoms with Crippen molar-refractivity contribution in [1.29, 1.82) is 0 Å². The SMILES string of the molecule is CCOc1cnc2c(n1)N(c1ccc(Cl)cc1)C(=O)N(c1ccc3nn(C)cc3c1)C2.Cn1cc2cc(N3Cc4ccc(OCC(F)F)nc4N(c4ccc5oc(N)nc5c4)C3=O)ccc2n1.[2H]C([2H])([2H])Oc1ccc(N2C(=O)N(c3ccc4nc(OC)n(C)c4c3)Cc3ccc(OCC(F)F)nc32)cc1.[2H]C([2H])([2H])Oc1ccc(N2C(=O)N(c3ccc4nn(C)cc4c3)Cc3c(NC)nc(NCC(F)(F)F)nc32)cc1. The fourth-order valence-corrected chi connectivity index (χ4v) is 16.2. The fraction of sp³-hybridized carbons (Fsp3) is 0.211. The maximum atomic E-state index is 14.0. The van der Waals surface area contributed by atoms with Crippen LogP contribution in [0.5, 0.6) is 35.1 Å². The van der Waals surface area contributed by atoms with E-state index >= 15 is 0 Å². The zero-order chi connectivity index (χ0) is 103. The molecule has 0 saturated heterocycles. The van der Waals surface area contributed by atoms with E-state index in [9.17, 15) is 49.9 Å². The minimum atomic E-state index is -4.52. The van der Waals surface area contributed by atoms with Crippen LogP contribution in [0, 0.1) is 0 Å². The molecule has 21 rings (SSSR count). The summed E-state index contributed by atoms with van der Waals surface area (Å²) in [5.74, 6) is 1.32. The molecule has 4 aliphatic heterocycles. The van der Waals surface area contributed by atoms with Gasteiger partial charge in [-0.3, -0.25) is 38.2 Å². The van der Waals surface area contributed by atoms with Crippen molar-refractivity contribution in [3.63, 3.8) is 0 Å². The van der Waals surface area contributed by atoms with Crippen LogP contribution in [0.15, 0.2) is 217 Å². The smallest absolute Gasteiger partial charge is 0.405 e. The Morgan fingerprint density at radius 2 is 0.929 bits per heavy atom. The maximum Gasteiger partial charge on any atom is 0.405 e. The third-order valence-corrected chi connectivity index (χ3v) is 22.6. The number of hydrogen-bond donors (Lipinski definition) is 3. The Labute approximate surface area is 804 Å². The Morgan fingerprint density at radius 1 is 0.479 bits per heavy atom. The number of halogens is 8. The first-order valence-corrected chi connectivity index (χ1v) is 43.1. The first kappa shape index (κ1) is 85.6. The Hall–Kier alpha value is -17.4. The van der Waals surface area contributed by atoms with Crippen LogP contribution in [-0.2, 0) is 54.4 Å². The van der Waals surface area contributed by atoms with Gasteiger partial charge in [-0.05, 0) is 183 Å². The number of hydrogen-bond acceptors (Lipinski definition) is 25. The number of rotatable bonds is 22. The summed E-state index contributed by atoms with van der Waals surface area (Å²) < 4.78 is 177. The van der Waals surface area contributed by atoms with Crippen molar-refractivity contribution in [2.24, 2.45) is 28.2 Å². The molecular weight excluding hydrogens is 1850 g/mol. The summed E-state index contributed by atoms with van der Waals surface area (Å²) in [6, 6.07) is 50.7. The minimum absolute atomic E-state index is 0.000249. The van der Waals surface area contributed by atoms with Crippen molar-refractivity contribution in [2.75, 3.05) is 110 Å². The lowest BCUT2D eigenvalue weighted by Crippen LogP contribution is -2.46. The number of nitrogen functional groups attached to an aromatic ring is 1. The summed E-state index contributed by atoms with van der Waals surface area (Å²) >= 11 is 6.07. The number of anilines is 15. The van der Waals surface area contributed by atoms with Crippen molar-refractivity contribution < 1.29 is 91.0 Å². The van der Waals surface area contributed by atoms with Gasteiger partial charge >= 0.3 is 30.3 Å². The normalized spacial score (nSPS) is 14.4. The van der Waals surface area contributed by atoms with Gasteiger partial charge in [0.2, 0.25) is 23.6 Å². The van der Waals surface area contributed by atoms with Crippen LogP contribution in [0.4, 0.5) is 136 Å². The number of methoxy groups -OCH3 is 3. The Morgan fingerprint density at radius 3 is 1.41 bits per heavy atom. The predicted molar refractivity (Wildman–Crippen MR) is 511 cm³/mol. The monoisotopic (exact) mass is 1940 g/mol. The Balaban J connectivity index is 0.000000128. The molecule has 8 aromatic carbocycles. The summed E-state index contributed by atoms with van der Waals surface area (Å²) in [7, 11) is 5.04. The number of benzene rings is 8. The van der Waals surface area contributed by atoms with Crippen molar-refractivity contribution in [3.05, 3.63) is 240 Å². The molecule has 0 aliphatic carbocycles. The van der Waals surface area contributed by atoms with Gasteiger partial charge in [0, 0.05) is 121 Å². The number of nitrogens with zero attached hydrogens (tertiary/aromatic N) is 23. The molecule has 0 atom stereocenters. The predicted octanol–water partition coefficient (Wildman–Crippen LogP) is 18.9. The average Bonchev–Trinajstić information content (AvgIpc) is 0.878. The van der Waals surface area contributed by atoms with E-state index in [1.165, 1.54) is 97.2 Å². The first-order chi connectivity index (χ1) is 69.7. The molecule has 140 heavy (non-hydrogen) atoms. The average molecular weight is 1940 g/mol. The molecule has 0 radical (unpaired) electrons. The molecule has 17 aromatic rings. The largest absolute Gasteiger partial charge is 0.497 e. The number of imidazole rings is 1. The molecule has 716 valence electrons. The number of aromatic nitrogens is 15. The fourth-order valence-electron chi connectivity index (χ4n) is 16.1. The molecule has 0 saturated carbocycles. The van der Waals surface area contributed by atoms with E-state index in [0.29, 0.717) is 109 Å². The molecule has 0 fully saturated rings. The van der Waals surface area contributed by atoms with Crippen LogP contribution in [0.3, 0.4) is 0 Å². The number of amides is 8. The molecule has 37 nitrogen and oxygen atoms in total. The summed E-state index contributed by atoms with van der Waals surface area (Å²) in [6.07, 6.45) is -2.68. The van der Waals surface area contributed by atoms with Gasteiger partial charge < -0.3 is 49.2 Å². The van der Waals surface area contributed by atoms with Gasteiger partial charge in [0.1, 0.15) is 46.7 Å². The number of nitrogens with one attached hydrogen (secondary N) is 2. The number of ether oxygens (including phenoxy) is 6. The van der Waals surface area contributed by atoms with Crippen molar-refractivity contribution in [1.82, 2.24) is 73.8 Å². The van der Waals surface area contributed by atoms with E-state index in [1.54, 1.807) is 141 Å². The van der Waals surface area contributed by atoms with Gasteiger partial charge in [-0.15, -0.1) is 0 Å². The van der Waals surface area contributed by atoms with Gasteiger partial charge in [-0.2, -0.15) is 63.4 Å². The van der Waals surface area contributed by atoms with Crippen LogP contribution >= 0.6 is 11.6 Å². The van der Waals surface area contributed by atoms with Gasteiger partial charge in [0.15, 0.2) is 30.4 Å². The molecule has 45 heteroatoms. The van der Waals surface area contributed by atoms with Crippen LogP contribution in [0.2, 0.25) is 5.02 Å². The van der Waals surface area contributed by atoms with E-state index in [4.69, 9.17) is 58.4 Å². The number of fused-ring (bicyclic) bond motifs is 9. The second kappa shape index (κ2) is 38.8. The third-order valence-electron chi connectivity index (χ3n) is 22.4. The van der Waals surface area contributed by atoms with E-state index in [0.717, 1.165) is 43.9 Å². The van der Waals surface area contributed by atoms with Gasteiger partial charge in [0.25, 0.3) is 24.9 Å². The lowest BCUT2D eigenvalue weighted by molar-refractivity contribution is -0.115. The number of carbonyl (C=O) groups is 4.